The maximum Gasteiger partial charge on any atom is 0.161 e. The standard InChI is InChI=1S/C15H18BrN3OS/c1-4-21-11-7-5-10(6-8-11)14-18-12(9-20-3)13(16)15(17-2)19-14/h5-8H,4,9H2,1-3H3,(H,17,18,19). The fraction of sp³-hybridized carbons (Fsp3) is 0.333. The van der Waals surface area contributed by atoms with Crippen LogP contribution in [0.5, 0.6) is 0 Å². The highest BCUT2D eigenvalue weighted by atomic mass is 79.9. The van der Waals surface area contributed by atoms with Crippen molar-refractivity contribution < 1.29 is 4.74 Å². The summed E-state index contributed by atoms with van der Waals surface area (Å²) < 4.78 is 6.04. The van der Waals surface area contributed by atoms with E-state index in [1.54, 1.807) is 7.11 Å². The van der Waals surface area contributed by atoms with Gasteiger partial charge in [0.25, 0.3) is 0 Å². The molecule has 0 bridgehead atoms. The molecular formula is C15H18BrN3OS. The van der Waals surface area contributed by atoms with E-state index in [0.29, 0.717) is 12.4 Å². The van der Waals surface area contributed by atoms with Crippen molar-refractivity contribution in [3.05, 3.63) is 34.4 Å². The van der Waals surface area contributed by atoms with Crippen LogP contribution in [0.25, 0.3) is 11.4 Å². The summed E-state index contributed by atoms with van der Waals surface area (Å²) in [5, 5.41) is 3.08. The molecule has 0 aliphatic heterocycles. The monoisotopic (exact) mass is 367 g/mol. The van der Waals surface area contributed by atoms with Gasteiger partial charge in [-0.15, -0.1) is 11.8 Å². The highest BCUT2D eigenvalue weighted by Crippen LogP contribution is 2.28. The van der Waals surface area contributed by atoms with E-state index in [9.17, 15) is 0 Å². The van der Waals surface area contributed by atoms with E-state index < -0.39 is 0 Å². The first-order valence-electron chi connectivity index (χ1n) is 6.66. The second-order valence-corrected chi connectivity index (χ2v) is 6.43. The Hall–Kier alpha value is -1.11. The molecule has 0 fully saturated rings. The van der Waals surface area contributed by atoms with Gasteiger partial charge in [0.15, 0.2) is 5.82 Å². The van der Waals surface area contributed by atoms with E-state index >= 15 is 0 Å². The van der Waals surface area contributed by atoms with Gasteiger partial charge >= 0.3 is 0 Å². The zero-order chi connectivity index (χ0) is 15.2. The van der Waals surface area contributed by atoms with Crippen LogP contribution >= 0.6 is 27.7 Å². The Morgan fingerprint density at radius 2 is 1.95 bits per heavy atom. The molecule has 0 saturated heterocycles. The van der Waals surface area contributed by atoms with Crippen LogP contribution in [0.1, 0.15) is 12.6 Å². The Morgan fingerprint density at radius 3 is 2.52 bits per heavy atom. The Bertz CT molecular complexity index is 605. The summed E-state index contributed by atoms with van der Waals surface area (Å²) in [6.07, 6.45) is 0. The summed E-state index contributed by atoms with van der Waals surface area (Å²) in [6, 6.07) is 8.31. The third-order valence-corrected chi connectivity index (χ3v) is 4.59. The number of nitrogens with one attached hydrogen (secondary N) is 1. The predicted molar refractivity (Wildman–Crippen MR) is 91.8 cm³/mol. The number of aromatic nitrogens is 2. The predicted octanol–water partition coefficient (Wildman–Crippen LogP) is 4.21. The number of halogens is 1. The second kappa shape index (κ2) is 7.77. The molecule has 0 aliphatic rings. The van der Waals surface area contributed by atoms with Crippen molar-refractivity contribution in [2.45, 2.75) is 18.4 Å². The molecule has 1 aromatic carbocycles. The van der Waals surface area contributed by atoms with Gasteiger partial charge < -0.3 is 10.1 Å². The first-order valence-corrected chi connectivity index (χ1v) is 8.43. The molecule has 1 aromatic heterocycles. The van der Waals surface area contributed by atoms with Crippen molar-refractivity contribution in [3.8, 4) is 11.4 Å². The average Bonchev–Trinajstić information content (AvgIpc) is 2.51. The van der Waals surface area contributed by atoms with E-state index in [4.69, 9.17) is 4.74 Å². The minimum Gasteiger partial charge on any atom is -0.378 e. The molecule has 0 unspecified atom stereocenters. The van der Waals surface area contributed by atoms with Gasteiger partial charge in [0, 0.05) is 24.6 Å². The summed E-state index contributed by atoms with van der Waals surface area (Å²) in [7, 11) is 3.50. The molecule has 112 valence electrons. The Labute approximate surface area is 137 Å². The minimum atomic E-state index is 0.439. The van der Waals surface area contributed by atoms with Crippen molar-refractivity contribution in [2.75, 3.05) is 25.2 Å². The van der Waals surface area contributed by atoms with Gasteiger partial charge in [0.05, 0.1) is 16.8 Å². The molecule has 4 nitrogen and oxygen atoms in total. The number of thioether (sulfide) groups is 1. The third kappa shape index (κ3) is 3.96. The zero-order valence-electron chi connectivity index (χ0n) is 12.3. The van der Waals surface area contributed by atoms with Gasteiger partial charge in [-0.2, -0.15) is 0 Å². The quantitative estimate of drug-likeness (QED) is 0.774. The lowest BCUT2D eigenvalue weighted by Crippen LogP contribution is -2.04. The van der Waals surface area contributed by atoms with Gasteiger partial charge in [-0.1, -0.05) is 19.1 Å². The average molecular weight is 368 g/mol. The van der Waals surface area contributed by atoms with E-state index in [1.165, 1.54) is 4.90 Å². The number of hydrogen-bond donors (Lipinski definition) is 1. The van der Waals surface area contributed by atoms with Crippen LogP contribution in [-0.2, 0) is 11.3 Å². The molecule has 21 heavy (non-hydrogen) atoms. The molecule has 2 rings (SSSR count). The van der Waals surface area contributed by atoms with E-state index in [1.807, 2.05) is 18.8 Å². The number of methoxy groups -OCH3 is 1. The molecule has 6 heteroatoms. The van der Waals surface area contributed by atoms with Gasteiger partial charge in [0.2, 0.25) is 0 Å². The molecular weight excluding hydrogens is 350 g/mol. The maximum atomic E-state index is 5.20. The molecule has 1 heterocycles. The summed E-state index contributed by atoms with van der Waals surface area (Å²) in [6.45, 7) is 2.58. The summed E-state index contributed by atoms with van der Waals surface area (Å²) in [4.78, 5) is 10.4. The highest BCUT2D eigenvalue weighted by molar-refractivity contribution is 9.10. The summed E-state index contributed by atoms with van der Waals surface area (Å²) in [5.41, 5.74) is 1.83. The third-order valence-electron chi connectivity index (χ3n) is 2.86. The van der Waals surface area contributed by atoms with Crippen LogP contribution in [0.2, 0.25) is 0 Å². The fourth-order valence-electron chi connectivity index (χ4n) is 1.89. The maximum absolute atomic E-state index is 5.20. The Balaban J connectivity index is 2.40. The summed E-state index contributed by atoms with van der Waals surface area (Å²) >= 11 is 5.33. The van der Waals surface area contributed by atoms with Crippen LogP contribution in [0.3, 0.4) is 0 Å². The first kappa shape index (κ1) is 16.3. The molecule has 0 aliphatic carbocycles. The number of hydrogen-bond acceptors (Lipinski definition) is 5. The van der Waals surface area contributed by atoms with Gasteiger partial charge in [-0.3, -0.25) is 0 Å². The van der Waals surface area contributed by atoms with Crippen LogP contribution in [0.15, 0.2) is 33.6 Å². The first-order chi connectivity index (χ1) is 10.2. The fourth-order valence-corrected chi connectivity index (χ4v) is 3.04. The highest BCUT2D eigenvalue weighted by Gasteiger charge is 2.12. The lowest BCUT2D eigenvalue weighted by molar-refractivity contribution is 0.181. The number of rotatable bonds is 6. The smallest absolute Gasteiger partial charge is 0.161 e. The number of nitrogens with zero attached hydrogens (tertiary/aromatic N) is 2. The Morgan fingerprint density at radius 1 is 1.24 bits per heavy atom. The normalized spacial score (nSPS) is 10.7. The van der Waals surface area contributed by atoms with Crippen LogP contribution in [0.4, 0.5) is 5.82 Å². The number of anilines is 1. The van der Waals surface area contributed by atoms with Crippen molar-refractivity contribution in [1.82, 2.24) is 9.97 Å². The van der Waals surface area contributed by atoms with Crippen molar-refractivity contribution >= 4 is 33.5 Å². The molecule has 0 amide bonds. The molecule has 1 N–H and O–H groups in total. The molecule has 0 spiro atoms. The molecule has 2 aromatic rings. The van der Waals surface area contributed by atoms with Crippen molar-refractivity contribution in [2.24, 2.45) is 0 Å². The molecule has 0 radical (unpaired) electrons. The lowest BCUT2D eigenvalue weighted by Gasteiger charge is -2.11. The van der Waals surface area contributed by atoms with Gasteiger partial charge in [-0.25, -0.2) is 9.97 Å². The van der Waals surface area contributed by atoms with Crippen LogP contribution in [-0.4, -0.2) is 29.9 Å². The zero-order valence-corrected chi connectivity index (χ0v) is 14.7. The van der Waals surface area contributed by atoms with Crippen molar-refractivity contribution in [3.63, 3.8) is 0 Å². The molecule has 0 saturated carbocycles. The number of ether oxygens (including phenoxy) is 1. The number of benzene rings is 1. The van der Waals surface area contributed by atoms with Crippen molar-refractivity contribution in [1.29, 1.82) is 0 Å². The lowest BCUT2D eigenvalue weighted by atomic mass is 10.2. The van der Waals surface area contributed by atoms with E-state index in [-0.39, 0.29) is 0 Å². The van der Waals surface area contributed by atoms with Gasteiger partial charge in [0.1, 0.15) is 5.82 Å². The molecule has 0 atom stereocenters. The largest absolute Gasteiger partial charge is 0.378 e. The minimum absolute atomic E-state index is 0.439. The van der Waals surface area contributed by atoms with E-state index in [0.717, 1.165) is 27.3 Å². The summed E-state index contributed by atoms with van der Waals surface area (Å²) in [5.74, 6) is 2.53. The second-order valence-electron chi connectivity index (χ2n) is 4.30. The van der Waals surface area contributed by atoms with E-state index in [2.05, 4.69) is 62.4 Å². The van der Waals surface area contributed by atoms with Crippen LogP contribution < -0.4 is 5.32 Å². The van der Waals surface area contributed by atoms with Gasteiger partial charge in [-0.05, 0) is 33.8 Å². The SMILES string of the molecule is CCSc1ccc(-c2nc(COC)c(Br)c(NC)n2)cc1. The topological polar surface area (TPSA) is 47.0 Å². The van der Waals surface area contributed by atoms with Crippen LogP contribution in [0, 0.1) is 0 Å². The Kier molecular flexibility index (Phi) is 6.02.